The summed E-state index contributed by atoms with van der Waals surface area (Å²) in [5.74, 6) is 0.150. The Balaban J connectivity index is 1.28. The summed E-state index contributed by atoms with van der Waals surface area (Å²) in [4.78, 5) is 29.0. The maximum atomic E-state index is 12.7. The van der Waals surface area contributed by atoms with E-state index in [4.69, 9.17) is 0 Å². The molecule has 6 heteroatoms. The molecule has 0 bridgehead atoms. The molecule has 0 aliphatic carbocycles. The summed E-state index contributed by atoms with van der Waals surface area (Å²) in [6, 6.07) is 15.4. The summed E-state index contributed by atoms with van der Waals surface area (Å²) in [6.07, 6.45) is 5.42. The molecule has 4 rings (SSSR count). The van der Waals surface area contributed by atoms with Crippen LogP contribution in [0.1, 0.15) is 28.8 Å². The highest BCUT2D eigenvalue weighted by molar-refractivity contribution is 9.10. The van der Waals surface area contributed by atoms with Gasteiger partial charge in [-0.25, -0.2) is 0 Å². The quantitative estimate of drug-likeness (QED) is 0.538. The van der Waals surface area contributed by atoms with Gasteiger partial charge in [-0.1, -0.05) is 50.1 Å². The first kappa shape index (κ1) is 20.4. The summed E-state index contributed by atoms with van der Waals surface area (Å²) in [6.45, 7) is 3.08. The van der Waals surface area contributed by atoms with Crippen molar-refractivity contribution in [3.05, 3.63) is 74.7 Å². The smallest absolute Gasteiger partial charge is 0.253 e. The average Bonchev–Trinajstić information content (AvgIpc) is 2.71. The fraction of sp³-hybridized carbons (Fsp3) is 0.304. The lowest BCUT2D eigenvalue weighted by molar-refractivity contribution is -0.140. The zero-order valence-electron chi connectivity index (χ0n) is 16.0. The van der Waals surface area contributed by atoms with Crippen LogP contribution in [-0.2, 0) is 4.79 Å². The third-order valence-electron chi connectivity index (χ3n) is 5.84. The van der Waals surface area contributed by atoms with Crippen LogP contribution in [0.3, 0.4) is 0 Å². The van der Waals surface area contributed by atoms with Gasteiger partial charge in [-0.05, 0) is 54.8 Å². The number of hydrogen-bond donors (Lipinski definition) is 0. The molecule has 2 aliphatic rings. The van der Waals surface area contributed by atoms with Crippen molar-refractivity contribution in [2.24, 2.45) is 5.41 Å². The number of benzene rings is 2. The second kappa shape index (κ2) is 8.44. The lowest BCUT2D eigenvalue weighted by Crippen LogP contribution is -2.62. The lowest BCUT2D eigenvalue weighted by atomic mass is 9.72. The maximum absolute atomic E-state index is 12.7. The molecule has 0 unspecified atom stereocenters. The fourth-order valence-corrected chi connectivity index (χ4v) is 4.73. The first-order valence-corrected chi connectivity index (χ1v) is 11.3. The molecule has 2 aromatic rings. The van der Waals surface area contributed by atoms with E-state index in [0.717, 1.165) is 59.1 Å². The summed E-state index contributed by atoms with van der Waals surface area (Å²) in [5, 5.41) is 0. The van der Waals surface area contributed by atoms with Gasteiger partial charge in [0.05, 0.1) is 0 Å². The first-order chi connectivity index (χ1) is 13.9. The van der Waals surface area contributed by atoms with Crippen LogP contribution in [0.15, 0.2) is 63.6 Å². The van der Waals surface area contributed by atoms with Crippen molar-refractivity contribution in [3.63, 3.8) is 0 Å². The van der Waals surface area contributed by atoms with Crippen molar-refractivity contribution in [1.82, 2.24) is 9.80 Å². The summed E-state index contributed by atoms with van der Waals surface area (Å²) < 4.78 is 1.94. The zero-order chi connectivity index (χ0) is 20.4. The zero-order valence-corrected chi connectivity index (χ0v) is 19.2. The molecule has 29 heavy (non-hydrogen) atoms. The normalized spacial score (nSPS) is 18.1. The number of likely N-dealkylation sites (tertiary alicyclic amines) is 2. The minimum absolute atomic E-state index is 0.0613. The van der Waals surface area contributed by atoms with Crippen LogP contribution in [0.5, 0.6) is 0 Å². The molecule has 0 radical (unpaired) electrons. The molecule has 2 aromatic carbocycles. The average molecular weight is 518 g/mol. The number of amides is 2. The van der Waals surface area contributed by atoms with Gasteiger partial charge in [0.25, 0.3) is 5.91 Å². The minimum atomic E-state index is 0.0613. The van der Waals surface area contributed by atoms with Crippen LogP contribution in [0.4, 0.5) is 0 Å². The number of nitrogens with zero attached hydrogens (tertiary/aromatic N) is 2. The highest BCUT2D eigenvalue weighted by atomic mass is 79.9. The molecule has 1 spiro atoms. The molecular formula is C23H22Br2N2O2. The number of rotatable bonds is 3. The van der Waals surface area contributed by atoms with Gasteiger partial charge in [0.1, 0.15) is 0 Å². The Morgan fingerprint density at radius 3 is 2.24 bits per heavy atom. The molecule has 0 atom stereocenters. The van der Waals surface area contributed by atoms with Crippen LogP contribution in [-0.4, -0.2) is 47.8 Å². The molecule has 2 heterocycles. The van der Waals surface area contributed by atoms with Crippen LogP contribution < -0.4 is 0 Å². The number of hydrogen-bond acceptors (Lipinski definition) is 2. The summed E-state index contributed by atoms with van der Waals surface area (Å²) >= 11 is 6.84. The minimum Gasteiger partial charge on any atom is -0.339 e. The Bertz CT molecular complexity index is 940. The van der Waals surface area contributed by atoms with E-state index < -0.39 is 0 Å². The van der Waals surface area contributed by atoms with Gasteiger partial charge in [-0.3, -0.25) is 9.59 Å². The molecule has 2 fully saturated rings. The van der Waals surface area contributed by atoms with Crippen molar-refractivity contribution in [1.29, 1.82) is 0 Å². The van der Waals surface area contributed by atoms with E-state index in [9.17, 15) is 9.59 Å². The van der Waals surface area contributed by atoms with E-state index in [1.54, 1.807) is 6.08 Å². The van der Waals surface area contributed by atoms with Gasteiger partial charge in [-0.2, -0.15) is 0 Å². The number of carbonyl (C=O) groups excluding carboxylic acids is 2. The van der Waals surface area contributed by atoms with Gasteiger partial charge < -0.3 is 9.80 Å². The second-order valence-electron chi connectivity index (χ2n) is 7.88. The van der Waals surface area contributed by atoms with Crippen molar-refractivity contribution >= 4 is 49.8 Å². The highest BCUT2D eigenvalue weighted by Gasteiger charge is 2.46. The van der Waals surface area contributed by atoms with Crippen molar-refractivity contribution in [2.45, 2.75) is 12.8 Å². The van der Waals surface area contributed by atoms with Gasteiger partial charge in [0.15, 0.2) is 0 Å². The molecule has 2 aliphatic heterocycles. The van der Waals surface area contributed by atoms with Crippen molar-refractivity contribution < 1.29 is 9.59 Å². The van der Waals surface area contributed by atoms with Crippen LogP contribution in [0.25, 0.3) is 6.08 Å². The van der Waals surface area contributed by atoms with E-state index in [0.29, 0.717) is 0 Å². The molecular weight excluding hydrogens is 496 g/mol. The topological polar surface area (TPSA) is 40.6 Å². The van der Waals surface area contributed by atoms with E-state index in [-0.39, 0.29) is 17.2 Å². The molecule has 0 saturated carbocycles. The molecule has 150 valence electrons. The molecule has 2 saturated heterocycles. The Kier molecular flexibility index (Phi) is 5.93. The van der Waals surface area contributed by atoms with Gasteiger partial charge in [-0.15, -0.1) is 0 Å². The van der Waals surface area contributed by atoms with Crippen LogP contribution in [0, 0.1) is 5.41 Å². The summed E-state index contributed by atoms with van der Waals surface area (Å²) in [7, 11) is 0. The predicted molar refractivity (Wildman–Crippen MR) is 121 cm³/mol. The first-order valence-electron chi connectivity index (χ1n) is 9.72. The van der Waals surface area contributed by atoms with Gasteiger partial charge >= 0.3 is 0 Å². The largest absolute Gasteiger partial charge is 0.339 e. The Labute approximate surface area is 187 Å². The standard InChI is InChI=1S/C23H22Br2N2O2/c24-19-7-4-17(5-8-19)6-9-21(28)27-15-23(16-27)10-12-26(13-11-23)22(29)18-2-1-3-20(25)14-18/h1-9,14H,10-13,15-16H2/b9-6+. The van der Waals surface area contributed by atoms with Crippen molar-refractivity contribution in [2.75, 3.05) is 26.2 Å². The van der Waals surface area contributed by atoms with Gasteiger partial charge in [0, 0.05) is 52.2 Å². The molecule has 0 N–H and O–H groups in total. The van der Waals surface area contributed by atoms with Crippen LogP contribution in [0.2, 0.25) is 0 Å². The monoisotopic (exact) mass is 516 g/mol. The van der Waals surface area contributed by atoms with Crippen molar-refractivity contribution in [3.8, 4) is 0 Å². The molecule has 0 aromatic heterocycles. The van der Waals surface area contributed by atoms with E-state index in [1.807, 2.05) is 64.4 Å². The second-order valence-corrected chi connectivity index (χ2v) is 9.71. The molecule has 4 nitrogen and oxygen atoms in total. The number of piperidine rings is 1. The Morgan fingerprint density at radius 1 is 0.897 bits per heavy atom. The van der Waals surface area contributed by atoms with Crippen LogP contribution >= 0.6 is 31.9 Å². The predicted octanol–water partition coefficient (Wildman–Crippen LogP) is 4.99. The Morgan fingerprint density at radius 2 is 1.59 bits per heavy atom. The van der Waals surface area contributed by atoms with E-state index >= 15 is 0 Å². The maximum Gasteiger partial charge on any atom is 0.253 e. The SMILES string of the molecule is O=C(/C=C/c1ccc(Br)cc1)N1CC2(CCN(C(=O)c3cccc(Br)c3)CC2)C1. The number of carbonyl (C=O) groups is 2. The fourth-order valence-electron chi connectivity index (χ4n) is 4.07. The van der Waals surface area contributed by atoms with E-state index in [2.05, 4.69) is 31.9 Å². The Hall–Kier alpha value is -1.92. The lowest BCUT2D eigenvalue weighted by Gasteiger charge is -2.53. The third kappa shape index (κ3) is 4.64. The number of halogens is 2. The van der Waals surface area contributed by atoms with Gasteiger partial charge in [0.2, 0.25) is 5.91 Å². The molecule has 2 amide bonds. The third-order valence-corrected chi connectivity index (χ3v) is 6.86. The van der Waals surface area contributed by atoms with E-state index in [1.165, 1.54) is 0 Å². The highest BCUT2D eigenvalue weighted by Crippen LogP contribution is 2.40. The summed E-state index contributed by atoms with van der Waals surface area (Å²) in [5.41, 5.74) is 1.91.